The molecular formula is C20H23NO4S. The van der Waals surface area contributed by atoms with Crippen LogP contribution in [0.4, 0.5) is 5.69 Å². The minimum atomic E-state index is -0.532. The molecule has 2 rings (SSSR count). The van der Waals surface area contributed by atoms with Crippen LogP contribution in [0.3, 0.4) is 0 Å². The molecule has 0 aliphatic heterocycles. The van der Waals surface area contributed by atoms with Crippen molar-refractivity contribution in [2.45, 2.75) is 19.1 Å². The number of hydrogen-bond donors (Lipinski definition) is 1. The Kier molecular flexibility index (Phi) is 8.02. The van der Waals surface area contributed by atoms with Crippen LogP contribution in [-0.2, 0) is 14.3 Å². The second-order valence-electron chi connectivity index (χ2n) is 5.33. The zero-order valence-electron chi connectivity index (χ0n) is 14.9. The zero-order valence-corrected chi connectivity index (χ0v) is 15.8. The van der Waals surface area contributed by atoms with Crippen LogP contribution in [0.2, 0.25) is 0 Å². The summed E-state index contributed by atoms with van der Waals surface area (Å²) >= 11 is 1.24. The summed E-state index contributed by atoms with van der Waals surface area (Å²) in [6.07, 6.45) is 0. The zero-order chi connectivity index (χ0) is 18.8. The van der Waals surface area contributed by atoms with Gasteiger partial charge in [-0.15, -0.1) is 11.8 Å². The van der Waals surface area contributed by atoms with Gasteiger partial charge in [-0.25, -0.2) is 0 Å². The van der Waals surface area contributed by atoms with Crippen LogP contribution < -0.4 is 10.1 Å². The maximum absolute atomic E-state index is 12.9. The number of carbonyl (C=O) groups is 2. The molecule has 1 N–H and O–H groups in total. The lowest BCUT2D eigenvalue weighted by atomic mass is 10.1. The van der Waals surface area contributed by atoms with E-state index in [2.05, 4.69) is 5.32 Å². The van der Waals surface area contributed by atoms with Crippen molar-refractivity contribution in [1.29, 1.82) is 0 Å². The summed E-state index contributed by atoms with van der Waals surface area (Å²) < 4.78 is 10.5. The van der Waals surface area contributed by atoms with Crippen molar-refractivity contribution in [3.05, 3.63) is 60.2 Å². The lowest BCUT2D eigenvalue weighted by molar-refractivity contribution is -0.139. The average molecular weight is 373 g/mol. The van der Waals surface area contributed by atoms with E-state index in [0.29, 0.717) is 24.7 Å². The molecule has 5 nitrogen and oxygen atoms in total. The summed E-state index contributed by atoms with van der Waals surface area (Å²) in [5, 5.41) is 2.38. The third-order valence-corrected chi connectivity index (χ3v) is 4.68. The van der Waals surface area contributed by atoms with Gasteiger partial charge in [0.2, 0.25) is 5.91 Å². The van der Waals surface area contributed by atoms with Crippen LogP contribution in [0, 0.1) is 0 Å². The van der Waals surface area contributed by atoms with Crippen LogP contribution >= 0.6 is 11.8 Å². The third kappa shape index (κ3) is 5.81. The van der Waals surface area contributed by atoms with E-state index < -0.39 is 5.25 Å². The topological polar surface area (TPSA) is 64.6 Å². The van der Waals surface area contributed by atoms with Gasteiger partial charge in [-0.2, -0.15) is 0 Å². The molecular weight excluding hydrogens is 350 g/mol. The molecule has 0 radical (unpaired) electrons. The average Bonchev–Trinajstić information content (AvgIpc) is 2.65. The quantitative estimate of drug-likeness (QED) is 0.672. The van der Waals surface area contributed by atoms with Gasteiger partial charge in [-0.05, 0) is 31.5 Å². The lowest BCUT2D eigenvalue weighted by Gasteiger charge is -2.18. The van der Waals surface area contributed by atoms with Gasteiger partial charge in [-0.1, -0.05) is 42.5 Å². The maximum Gasteiger partial charge on any atom is 0.315 e. The highest BCUT2D eigenvalue weighted by molar-refractivity contribution is 8.00. The maximum atomic E-state index is 12.9. The second kappa shape index (κ2) is 10.5. The molecule has 138 valence electrons. The summed E-state index contributed by atoms with van der Waals surface area (Å²) in [4.78, 5) is 24.6. The molecule has 1 atom stereocenters. The molecule has 26 heavy (non-hydrogen) atoms. The minimum Gasteiger partial charge on any atom is -0.492 e. The van der Waals surface area contributed by atoms with Crippen molar-refractivity contribution in [3.63, 3.8) is 0 Å². The Labute approximate surface area is 158 Å². The molecule has 2 aromatic carbocycles. The van der Waals surface area contributed by atoms with E-state index in [9.17, 15) is 9.59 Å². The molecule has 6 heteroatoms. The van der Waals surface area contributed by atoms with Crippen molar-refractivity contribution >= 4 is 29.3 Å². The number of para-hydroxylation sites is 2. The number of carbonyl (C=O) groups excluding carboxylic acids is 2. The van der Waals surface area contributed by atoms with Crippen LogP contribution in [0.1, 0.15) is 24.7 Å². The predicted molar refractivity (Wildman–Crippen MR) is 105 cm³/mol. The molecule has 0 heterocycles. The van der Waals surface area contributed by atoms with Crippen LogP contribution in [0.15, 0.2) is 54.6 Å². The SMILES string of the molecule is CCOC(=O)CS[C@H](C(=O)Nc1ccccc1OCC)c1ccccc1. The Morgan fingerprint density at radius 3 is 2.38 bits per heavy atom. The number of nitrogens with one attached hydrogen (secondary N) is 1. The van der Waals surface area contributed by atoms with Gasteiger partial charge < -0.3 is 14.8 Å². The number of ether oxygens (including phenoxy) is 2. The highest BCUT2D eigenvalue weighted by Gasteiger charge is 2.23. The molecule has 0 saturated heterocycles. The van der Waals surface area contributed by atoms with Crippen LogP contribution in [0.5, 0.6) is 5.75 Å². The minimum absolute atomic E-state index is 0.105. The van der Waals surface area contributed by atoms with Crippen molar-refractivity contribution < 1.29 is 19.1 Å². The van der Waals surface area contributed by atoms with E-state index in [4.69, 9.17) is 9.47 Å². The number of benzene rings is 2. The van der Waals surface area contributed by atoms with Crippen LogP contribution in [0.25, 0.3) is 0 Å². The smallest absolute Gasteiger partial charge is 0.315 e. The molecule has 0 unspecified atom stereocenters. The summed E-state index contributed by atoms with van der Waals surface area (Å²) in [7, 11) is 0. The van der Waals surface area contributed by atoms with Gasteiger partial charge in [0.05, 0.1) is 24.7 Å². The standard InChI is InChI=1S/C20H23NO4S/c1-3-24-17-13-9-8-12-16(17)21-20(23)19(15-10-6-5-7-11-15)26-14-18(22)25-4-2/h5-13,19H,3-4,14H2,1-2H3,(H,21,23)/t19-/m0/s1. The molecule has 0 aromatic heterocycles. The Hall–Kier alpha value is -2.47. The summed E-state index contributed by atoms with van der Waals surface area (Å²) in [6, 6.07) is 16.7. The predicted octanol–water partition coefficient (Wildman–Crippen LogP) is 4.06. The monoisotopic (exact) mass is 373 g/mol. The number of anilines is 1. The molecule has 2 aromatic rings. The Morgan fingerprint density at radius 1 is 1.00 bits per heavy atom. The van der Waals surface area contributed by atoms with E-state index >= 15 is 0 Å². The molecule has 0 aliphatic rings. The highest BCUT2D eigenvalue weighted by Crippen LogP contribution is 2.32. The fourth-order valence-electron chi connectivity index (χ4n) is 2.35. The van der Waals surface area contributed by atoms with Crippen molar-refractivity contribution in [2.24, 2.45) is 0 Å². The third-order valence-electron chi connectivity index (χ3n) is 3.46. The normalized spacial score (nSPS) is 11.5. The second-order valence-corrected chi connectivity index (χ2v) is 6.42. The summed E-state index contributed by atoms with van der Waals surface area (Å²) in [5.74, 6) is 0.178. The molecule has 0 saturated carbocycles. The fraction of sp³-hybridized carbons (Fsp3) is 0.300. The first kappa shape index (κ1) is 19.8. The molecule has 0 bridgehead atoms. The van der Waals surface area contributed by atoms with Crippen LogP contribution in [-0.4, -0.2) is 30.8 Å². The Morgan fingerprint density at radius 2 is 1.69 bits per heavy atom. The number of rotatable bonds is 9. The molecule has 0 fully saturated rings. The fourth-order valence-corrected chi connectivity index (χ4v) is 3.30. The van der Waals surface area contributed by atoms with E-state index in [0.717, 1.165) is 5.56 Å². The molecule has 0 aliphatic carbocycles. The van der Waals surface area contributed by atoms with E-state index in [1.54, 1.807) is 13.0 Å². The van der Waals surface area contributed by atoms with Gasteiger partial charge in [0.25, 0.3) is 0 Å². The first-order valence-corrected chi connectivity index (χ1v) is 9.55. The largest absolute Gasteiger partial charge is 0.492 e. The molecule has 1 amide bonds. The van der Waals surface area contributed by atoms with Crippen molar-refractivity contribution in [1.82, 2.24) is 0 Å². The van der Waals surface area contributed by atoms with Crippen molar-refractivity contribution in [2.75, 3.05) is 24.3 Å². The number of hydrogen-bond acceptors (Lipinski definition) is 5. The lowest BCUT2D eigenvalue weighted by Crippen LogP contribution is -2.21. The first-order valence-electron chi connectivity index (χ1n) is 8.50. The van der Waals surface area contributed by atoms with Crippen molar-refractivity contribution in [3.8, 4) is 5.75 Å². The summed E-state index contributed by atoms with van der Waals surface area (Å²) in [5.41, 5.74) is 1.44. The van der Waals surface area contributed by atoms with Gasteiger partial charge >= 0.3 is 5.97 Å². The van der Waals surface area contributed by atoms with Gasteiger partial charge in [0.1, 0.15) is 11.0 Å². The van der Waals surface area contributed by atoms with Gasteiger partial charge in [0, 0.05) is 0 Å². The number of amides is 1. The highest BCUT2D eigenvalue weighted by atomic mass is 32.2. The van der Waals surface area contributed by atoms with E-state index in [1.165, 1.54) is 11.8 Å². The first-order chi connectivity index (χ1) is 12.7. The Bertz CT molecular complexity index is 721. The number of thioether (sulfide) groups is 1. The number of esters is 1. The molecule has 0 spiro atoms. The van der Waals surface area contributed by atoms with E-state index in [1.807, 2.05) is 55.5 Å². The van der Waals surface area contributed by atoms with Gasteiger partial charge in [0.15, 0.2) is 0 Å². The van der Waals surface area contributed by atoms with E-state index in [-0.39, 0.29) is 17.6 Å². The Balaban J connectivity index is 2.16. The summed E-state index contributed by atoms with van der Waals surface area (Å²) in [6.45, 7) is 4.48. The van der Waals surface area contributed by atoms with Gasteiger partial charge in [-0.3, -0.25) is 9.59 Å².